The van der Waals surface area contributed by atoms with Gasteiger partial charge in [-0.15, -0.1) is 0 Å². The van der Waals surface area contributed by atoms with Crippen molar-refractivity contribution in [3.63, 3.8) is 0 Å². The Hall–Kier alpha value is -2.74. The van der Waals surface area contributed by atoms with Crippen molar-refractivity contribution in [2.75, 3.05) is 30.3 Å². The highest BCUT2D eigenvalue weighted by molar-refractivity contribution is 7.92. The second-order valence-corrected chi connectivity index (χ2v) is 9.19. The van der Waals surface area contributed by atoms with Crippen molar-refractivity contribution >= 4 is 21.6 Å². The van der Waals surface area contributed by atoms with Crippen LogP contribution >= 0.6 is 0 Å². The average molecular weight is 419 g/mol. The summed E-state index contributed by atoms with van der Waals surface area (Å²) in [5.74, 6) is 0.772. The lowest BCUT2D eigenvalue weighted by atomic mass is 10.1. The molecule has 8 heteroatoms. The largest absolute Gasteiger partial charge is 0.491 e. The third-order valence-electron chi connectivity index (χ3n) is 4.68. The van der Waals surface area contributed by atoms with E-state index in [1.165, 1.54) is 4.31 Å². The smallest absolute Gasteiger partial charge is 0.263 e. The summed E-state index contributed by atoms with van der Waals surface area (Å²) in [5, 5.41) is 2.76. The fourth-order valence-electron chi connectivity index (χ4n) is 3.12. The monoisotopic (exact) mass is 418 g/mol. The number of aryl methyl sites for hydroxylation is 3. The summed E-state index contributed by atoms with van der Waals surface area (Å²) in [4.78, 5) is 12.6. The first kappa shape index (κ1) is 21.0. The van der Waals surface area contributed by atoms with Crippen LogP contribution in [0.15, 0.2) is 36.4 Å². The van der Waals surface area contributed by atoms with Crippen molar-refractivity contribution in [2.45, 2.75) is 26.9 Å². The quantitative estimate of drug-likeness (QED) is 0.728. The molecule has 156 valence electrons. The Labute approximate surface area is 171 Å². The van der Waals surface area contributed by atoms with Crippen molar-refractivity contribution in [2.24, 2.45) is 0 Å². The second-order valence-electron chi connectivity index (χ2n) is 7.28. The van der Waals surface area contributed by atoms with E-state index in [9.17, 15) is 13.2 Å². The maximum Gasteiger partial charge on any atom is 0.263 e. The van der Waals surface area contributed by atoms with Crippen LogP contribution in [0.1, 0.15) is 16.7 Å². The molecule has 0 aromatic heterocycles. The average Bonchev–Trinajstić information content (AvgIpc) is 2.66. The lowest BCUT2D eigenvalue weighted by Gasteiger charge is -2.34. The number of nitrogens with one attached hydrogen (secondary N) is 1. The van der Waals surface area contributed by atoms with Crippen molar-refractivity contribution in [3.05, 3.63) is 53.1 Å². The van der Waals surface area contributed by atoms with Gasteiger partial charge in [0, 0.05) is 0 Å². The maximum absolute atomic E-state index is 12.6. The minimum absolute atomic E-state index is 0.0705. The van der Waals surface area contributed by atoms with Crippen LogP contribution < -0.4 is 19.1 Å². The molecule has 1 aliphatic heterocycles. The molecule has 0 bridgehead atoms. The molecule has 1 atom stereocenters. The predicted molar refractivity (Wildman–Crippen MR) is 112 cm³/mol. The molecule has 29 heavy (non-hydrogen) atoms. The van der Waals surface area contributed by atoms with Crippen LogP contribution in [0.25, 0.3) is 0 Å². The lowest BCUT2D eigenvalue weighted by Crippen LogP contribution is -2.51. The number of hydrogen-bond acceptors (Lipinski definition) is 5. The van der Waals surface area contributed by atoms with Crippen LogP contribution in [0, 0.1) is 20.8 Å². The van der Waals surface area contributed by atoms with Crippen molar-refractivity contribution in [1.82, 2.24) is 5.32 Å². The first-order valence-corrected chi connectivity index (χ1v) is 11.2. The summed E-state index contributed by atoms with van der Waals surface area (Å²) in [7, 11) is -3.54. The number of carbonyl (C=O) groups is 1. The third kappa shape index (κ3) is 5.00. The lowest BCUT2D eigenvalue weighted by molar-refractivity contribution is -0.127. The Balaban J connectivity index is 1.62. The van der Waals surface area contributed by atoms with Gasteiger partial charge in [0.25, 0.3) is 5.91 Å². The number of benzene rings is 2. The van der Waals surface area contributed by atoms with Gasteiger partial charge in [0.1, 0.15) is 18.1 Å². The number of fused-ring (bicyclic) bond motifs is 1. The zero-order valence-electron chi connectivity index (χ0n) is 17.1. The molecular weight excluding hydrogens is 392 g/mol. The Kier molecular flexibility index (Phi) is 6.02. The van der Waals surface area contributed by atoms with E-state index < -0.39 is 16.1 Å². The number of carbonyl (C=O) groups excluding carboxylic acids is 1. The number of amides is 1. The summed E-state index contributed by atoms with van der Waals surface area (Å²) in [6, 6.07) is 11.2. The number of hydrogen-bond donors (Lipinski definition) is 1. The zero-order chi connectivity index (χ0) is 21.2. The molecule has 1 heterocycles. The van der Waals surface area contributed by atoms with Gasteiger partial charge >= 0.3 is 0 Å². The summed E-state index contributed by atoms with van der Waals surface area (Å²) in [6.07, 6.45) is 0.192. The fourth-order valence-corrected chi connectivity index (χ4v) is 4.03. The molecule has 0 aliphatic carbocycles. The van der Waals surface area contributed by atoms with E-state index >= 15 is 0 Å². The molecule has 2 aromatic rings. The molecule has 2 aromatic carbocycles. The van der Waals surface area contributed by atoms with Gasteiger partial charge in [0.15, 0.2) is 6.10 Å². The van der Waals surface area contributed by atoms with Gasteiger partial charge in [-0.2, -0.15) is 0 Å². The molecule has 0 spiro atoms. The van der Waals surface area contributed by atoms with E-state index in [1.807, 2.05) is 45.0 Å². The standard InChI is InChI=1S/C21H26N2O5S/c1-14-6-8-18-17(11-14)23(29(4,25)26)13-20(28-18)21(24)22-9-10-27-19-12-15(2)5-7-16(19)3/h5-8,11-12,20H,9-10,13H2,1-4H3,(H,22,24). The van der Waals surface area contributed by atoms with Gasteiger partial charge in [-0.05, 0) is 55.7 Å². The number of rotatable bonds is 6. The zero-order valence-corrected chi connectivity index (χ0v) is 17.9. The van der Waals surface area contributed by atoms with Crippen molar-refractivity contribution in [3.8, 4) is 11.5 Å². The molecule has 3 rings (SSSR count). The third-order valence-corrected chi connectivity index (χ3v) is 5.83. The van der Waals surface area contributed by atoms with Gasteiger partial charge < -0.3 is 14.8 Å². The molecule has 0 saturated heterocycles. The summed E-state index contributed by atoms with van der Waals surface area (Å²) in [5.41, 5.74) is 3.48. The molecule has 1 N–H and O–H groups in total. The first-order valence-electron chi connectivity index (χ1n) is 9.38. The molecule has 1 aliphatic rings. The normalized spacial score (nSPS) is 16.0. The van der Waals surface area contributed by atoms with Gasteiger partial charge in [-0.25, -0.2) is 8.42 Å². The van der Waals surface area contributed by atoms with Gasteiger partial charge in [-0.1, -0.05) is 18.2 Å². The van der Waals surface area contributed by atoms with Crippen LogP contribution in [0.4, 0.5) is 5.69 Å². The first-order chi connectivity index (χ1) is 13.6. The molecule has 0 saturated carbocycles. The number of sulfonamides is 1. The topological polar surface area (TPSA) is 84.9 Å². The van der Waals surface area contributed by atoms with E-state index in [0.717, 1.165) is 28.7 Å². The van der Waals surface area contributed by atoms with Gasteiger partial charge in [0.05, 0.1) is 25.0 Å². The van der Waals surface area contributed by atoms with Crippen molar-refractivity contribution < 1.29 is 22.7 Å². The van der Waals surface area contributed by atoms with E-state index in [1.54, 1.807) is 12.1 Å². The molecule has 0 fully saturated rings. The second kappa shape index (κ2) is 8.32. The van der Waals surface area contributed by atoms with Crippen LogP contribution in [0.5, 0.6) is 11.5 Å². The summed E-state index contributed by atoms with van der Waals surface area (Å²) < 4.78 is 37.2. The van der Waals surface area contributed by atoms with E-state index in [2.05, 4.69) is 5.32 Å². The van der Waals surface area contributed by atoms with E-state index in [0.29, 0.717) is 18.0 Å². The molecule has 7 nitrogen and oxygen atoms in total. The minimum Gasteiger partial charge on any atom is -0.491 e. The molecule has 0 radical (unpaired) electrons. The number of anilines is 1. The molecule has 1 unspecified atom stereocenters. The Bertz CT molecular complexity index is 1020. The van der Waals surface area contributed by atoms with Crippen LogP contribution in [-0.2, 0) is 14.8 Å². The minimum atomic E-state index is -3.54. The predicted octanol–water partition coefficient (Wildman–Crippen LogP) is 2.33. The highest BCUT2D eigenvalue weighted by atomic mass is 32.2. The van der Waals surface area contributed by atoms with Crippen LogP contribution in [-0.4, -0.2) is 46.4 Å². The maximum atomic E-state index is 12.6. The Morgan fingerprint density at radius 3 is 2.59 bits per heavy atom. The van der Waals surface area contributed by atoms with E-state index in [-0.39, 0.29) is 19.0 Å². The van der Waals surface area contributed by atoms with Crippen LogP contribution in [0.2, 0.25) is 0 Å². The Morgan fingerprint density at radius 2 is 1.86 bits per heavy atom. The molecule has 1 amide bonds. The summed E-state index contributed by atoms with van der Waals surface area (Å²) in [6.45, 7) is 6.33. The Morgan fingerprint density at radius 1 is 1.17 bits per heavy atom. The molecular formula is C21H26N2O5S. The fraction of sp³-hybridized carbons (Fsp3) is 0.381. The van der Waals surface area contributed by atoms with Crippen LogP contribution in [0.3, 0.4) is 0 Å². The number of ether oxygens (including phenoxy) is 2. The summed E-state index contributed by atoms with van der Waals surface area (Å²) >= 11 is 0. The SMILES string of the molecule is Cc1ccc(C)c(OCCNC(=O)C2CN(S(C)(=O)=O)c3cc(C)ccc3O2)c1. The number of nitrogens with zero attached hydrogens (tertiary/aromatic N) is 1. The highest BCUT2D eigenvalue weighted by Gasteiger charge is 2.34. The van der Waals surface area contributed by atoms with Crippen molar-refractivity contribution in [1.29, 1.82) is 0 Å². The highest BCUT2D eigenvalue weighted by Crippen LogP contribution is 2.35. The van der Waals surface area contributed by atoms with Gasteiger partial charge in [-0.3, -0.25) is 9.10 Å². The van der Waals surface area contributed by atoms with Gasteiger partial charge in [0.2, 0.25) is 10.0 Å². The van der Waals surface area contributed by atoms with E-state index in [4.69, 9.17) is 9.47 Å².